The molecule has 11 heavy (non-hydrogen) atoms. The lowest BCUT2D eigenvalue weighted by Crippen LogP contribution is -2.33. The van der Waals surface area contributed by atoms with Gasteiger partial charge in [-0.2, -0.15) is 0 Å². The molecule has 1 atom stereocenters. The summed E-state index contributed by atoms with van der Waals surface area (Å²) < 4.78 is 0. The lowest BCUT2D eigenvalue weighted by atomic mass is 10.2. The molecule has 0 bridgehead atoms. The molecule has 1 rings (SSSR count). The fourth-order valence-corrected chi connectivity index (χ4v) is 1.49. The minimum atomic E-state index is 0.759. The van der Waals surface area contributed by atoms with Crippen LogP contribution in [0.4, 0.5) is 0 Å². The van der Waals surface area contributed by atoms with E-state index in [4.69, 9.17) is 0 Å². The van der Waals surface area contributed by atoms with Gasteiger partial charge in [-0.25, -0.2) is 0 Å². The fraction of sp³-hybridized carbons (Fsp3) is 0.778. The van der Waals surface area contributed by atoms with Crippen molar-refractivity contribution in [3.63, 3.8) is 0 Å². The van der Waals surface area contributed by atoms with Gasteiger partial charge in [0.1, 0.15) is 0 Å². The number of rotatable bonds is 4. The van der Waals surface area contributed by atoms with Gasteiger partial charge >= 0.3 is 0 Å². The van der Waals surface area contributed by atoms with Crippen LogP contribution in [-0.4, -0.2) is 37.6 Å². The van der Waals surface area contributed by atoms with Gasteiger partial charge in [-0.3, -0.25) is 0 Å². The van der Waals surface area contributed by atoms with E-state index in [1.807, 2.05) is 6.08 Å². The second-order valence-electron chi connectivity index (χ2n) is 3.20. The highest BCUT2D eigenvalue weighted by atomic mass is 15.2. The monoisotopic (exact) mass is 154 g/mol. The van der Waals surface area contributed by atoms with Crippen molar-refractivity contribution in [2.75, 3.05) is 26.7 Å². The van der Waals surface area contributed by atoms with Crippen LogP contribution in [-0.2, 0) is 0 Å². The molecular weight excluding hydrogens is 136 g/mol. The topological polar surface area (TPSA) is 15.3 Å². The molecule has 0 spiro atoms. The molecule has 1 fully saturated rings. The molecule has 0 radical (unpaired) electrons. The minimum absolute atomic E-state index is 0.759. The Balaban J connectivity index is 2.16. The lowest BCUT2D eigenvalue weighted by molar-refractivity contribution is 0.262. The largest absolute Gasteiger partial charge is 0.315 e. The Morgan fingerprint density at radius 3 is 3.09 bits per heavy atom. The van der Waals surface area contributed by atoms with E-state index in [1.54, 1.807) is 0 Å². The van der Waals surface area contributed by atoms with Gasteiger partial charge in [0, 0.05) is 19.1 Å². The van der Waals surface area contributed by atoms with Crippen LogP contribution in [0.5, 0.6) is 0 Å². The highest BCUT2D eigenvalue weighted by molar-refractivity contribution is 4.80. The van der Waals surface area contributed by atoms with E-state index in [-0.39, 0.29) is 0 Å². The zero-order chi connectivity index (χ0) is 8.10. The van der Waals surface area contributed by atoms with Crippen LogP contribution in [0.1, 0.15) is 12.8 Å². The van der Waals surface area contributed by atoms with Crippen LogP contribution in [0.15, 0.2) is 12.7 Å². The summed E-state index contributed by atoms with van der Waals surface area (Å²) in [5, 5.41) is 3.36. The van der Waals surface area contributed by atoms with Gasteiger partial charge in [-0.15, -0.1) is 6.58 Å². The Hall–Kier alpha value is -0.340. The highest BCUT2D eigenvalue weighted by Crippen LogP contribution is 2.05. The molecule has 1 aliphatic heterocycles. The lowest BCUT2D eigenvalue weighted by Gasteiger charge is -2.22. The van der Waals surface area contributed by atoms with Crippen molar-refractivity contribution in [2.24, 2.45) is 0 Å². The molecule has 64 valence electrons. The average Bonchev–Trinajstić information content (AvgIpc) is 2.52. The van der Waals surface area contributed by atoms with Crippen molar-refractivity contribution in [1.29, 1.82) is 0 Å². The maximum Gasteiger partial charge on any atom is 0.0229 e. The normalized spacial score (nSPS) is 24.4. The molecule has 1 aliphatic rings. The smallest absolute Gasteiger partial charge is 0.0229 e. The molecule has 2 heteroatoms. The Labute approximate surface area is 69.3 Å². The predicted molar refractivity (Wildman–Crippen MR) is 48.7 cm³/mol. The molecule has 0 saturated carbocycles. The standard InChI is InChI=1S/C9H18N2/c1-3-4-7-11(2)9-5-6-10-8-9/h3,9-10H,1,4-8H2,2H3. The maximum absolute atomic E-state index is 3.72. The summed E-state index contributed by atoms with van der Waals surface area (Å²) in [6.07, 6.45) is 4.39. The first kappa shape index (κ1) is 8.75. The zero-order valence-electron chi connectivity index (χ0n) is 7.34. The molecule has 1 saturated heterocycles. The summed E-state index contributed by atoms with van der Waals surface area (Å²) in [4.78, 5) is 2.42. The Bertz CT molecular complexity index is 117. The highest BCUT2D eigenvalue weighted by Gasteiger charge is 2.17. The van der Waals surface area contributed by atoms with Gasteiger partial charge in [-0.1, -0.05) is 6.08 Å². The summed E-state index contributed by atoms with van der Waals surface area (Å²) in [5.41, 5.74) is 0. The van der Waals surface area contributed by atoms with Gasteiger partial charge in [-0.05, 0) is 26.4 Å². The molecule has 0 amide bonds. The number of hydrogen-bond acceptors (Lipinski definition) is 2. The molecule has 0 aromatic rings. The van der Waals surface area contributed by atoms with Gasteiger partial charge in [0.15, 0.2) is 0 Å². The Kier molecular flexibility index (Phi) is 3.60. The molecule has 1 heterocycles. The van der Waals surface area contributed by atoms with Crippen LogP contribution >= 0.6 is 0 Å². The third kappa shape index (κ3) is 2.64. The van der Waals surface area contributed by atoms with Crippen LogP contribution in [0.3, 0.4) is 0 Å². The van der Waals surface area contributed by atoms with Gasteiger partial charge in [0.25, 0.3) is 0 Å². The second-order valence-corrected chi connectivity index (χ2v) is 3.20. The Morgan fingerprint density at radius 2 is 2.55 bits per heavy atom. The van der Waals surface area contributed by atoms with Crippen LogP contribution in [0.2, 0.25) is 0 Å². The first-order chi connectivity index (χ1) is 5.34. The molecule has 2 nitrogen and oxygen atoms in total. The van der Waals surface area contributed by atoms with E-state index in [1.165, 1.54) is 13.0 Å². The third-order valence-corrected chi connectivity index (χ3v) is 2.34. The Morgan fingerprint density at radius 1 is 1.73 bits per heavy atom. The molecule has 1 unspecified atom stereocenters. The fourth-order valence-electron chi connectivity index (χ4n) is 1.49. The first-order valence-electron chi connectivity index (χ1n) is 4.36. The van der Waals surface area contributed by atoms with Gasteiger partial charge in [0.05, 0.1) is 0 Å². The van der Waals surface area contributed by atoms with Gasteiger partial charge < -0.3 is 10.2 Å². The molecule has 0 aliphatic carbocycles. The first-order valence-corrected chi connectivity index (χ1v) is 4.36. The van der Waals surface area contributed by atoms with E-state index in [0.717, 1.165) is 25.6 Å². The number of hydrogen-bond donors (Lipinski definition) is 1. The zero-order valence-corrected chi connectivity index (χ0v) is 7.34. The summed E-state index contributed by atoms with van der Waals surface area (Å²) >= 11 is 0. The van der Waals surface area contributed by atoms with Crippen LogP contribution < -0.4 is 5.32 Å². The van der Waals surface area contributed by atoms with E-state index in [0.29, 0.717) is 0 Å². The summed E-state index contributed by atoms with van der Waals surface area (Å²) in [6, 6.07) is 0.759. The predicted octanol–water partition coefficient (Wildman–Crippen LogP) is 0.856. The van der Waals surface area contributed by atoms with E-state index >= 15 is 0 Å². The summed E-state index contributed by atoms with van der Waals surface area (Å²) in [6.45, 7) is 7.21. The molecular formula is C9H18N2. The number of likely N-dealkylation sites (N-methyl/N-ethyl adjacent to an activating group) is 1. The average molecular weight is 154 g/mol. The van der Waals surface area contributed by atoms with Crippen molar-refractivity contribution >= 4 is 0 Å². The van der Waals surface area contributed by atoms with E-state index < -0.39 is 0 Å². The number of nitrogens with one attached hydrogen (secondary N) is 1. The summed E-state index contributed by atoms with van der Waals surface area (Å²) in [7, 11) is 2.20. The minimum Gasteiger partial charge on any atom is -0.315 e. The molecule has 1 N–H and O–H groups in total. The maximum atomic E-state index is 3.72. The number of nitrogens with zero attached hydrogens (tertiary/aromatic N) is 1. The summed E-state index contributed by atoms with van der Waals surface area (Å²) in [5.74, 6) is 0. The molecule has 0 aromatic heterocycles. The molecule has 0 aromatic carbocycles. The van der Waals surface area contributed by atoms with E-state index in [9.17, 15) is 0 Å². The quantitative estimate of drug-likeness (QED) is 0.604. The van der Waals surface area contributed by atoms with Crippen molar-refractivity contribution in [2.45, 2.75) is 18.9 Å². The third-order valence-electron chi connectivity index (χ3n) is 2.34. The van der Waals surface area contributed by atoms with Gasteiger partial charge in [0.2, 0.25) is 0 Å². The second kappa shape index (κ2) is 4.52. The van der Waals surface area contributed by atoms with Crippen molar-refractivity contribution in [1.82, 2.24) is 10.2 Å². The van der Waals surface area contributed by atoms with E-state index in [2.05, 4.69) is 23.8 Å². The van der Waals surface area contributed by atoms with Crippen LogP contribution in [0, 0.1) is 0 Å². The van der Waals surface area contributed by atoms with Crippen molar-refractivity contribution in [3.05, 3.63) is 12.7 Å². The van der Waals surface area contributed by atoms with Crippen molar-refractivity contribution < 1.29 is 0 Å². The SMILES string of the molecule is C=CCCN(C)C1CCNC1. The van der Waals surface area contributed by atoms with Crippen LogP contribution in [0.25, 0.3) is 0 Å². The van der Waals surface area contributed by atoms with Crippen molar-refractivity contribution in [3.8, 4) is 0 Å².